The summed E-state index contributed by atoms with van der Waals surface area (Å²) in [4.78, 5) is 35.5. The van der Waals surface area contributed by atoms with Crippen molar-refractivity contribution in [1.29, 1.82) is 0 Å². The lowest BCUT2D eigenvalue weighted by molar-refractivity contribution is -0.115. The molecule has 0 radical (unpaired) electrons. The second-order valence-electron chi connectivity index (χ2n) is 5.55. The molecule has 0 saturated heterocycles. The lowest BCUT2D eigenvalue weighted by Gasteiger charge is -2.07. The largest absolute Gasteiger partial charge is 0.454 e. The van der Waals surface area contributed by atoms with E-state index >= 15 is 0 Å². The number of amides is 1. The maximum atomic E-state index is 12.1. The molecule has 0 saturated carbocycles. The third-order valence-corrected chi connectivity index (χ3v) is 3.75. The van der Waals surface area contributed by atoms with Crippen LogP contribution in [0.5, 0.6) is 11.5 Å². The molecule has 7 nitrogen and oxygen atoms in total. The van der Waals surface area contributed by atoms with Gasteiger partial charge in [-0.05, 0) is 42.5 Å². The number of anilines is 1. The van der Waals surface area contributed by atoms with Crippen molar-refractivity contribution in [2.75, 3.05) is 18.7 Å². The molecule has 134 valence electrons. The number of Topliss-reactive ketones (excluding diaryl/α,β-unsaturated/α-hetero) is 1. The van der Waals surface area contributed by atoms with Crippen LogP contribution in [-0.4, -0.2) is 31.1 Å². The molecule has 2 aromatic rings. The normalized spacial score (nSPS) is 11.7. The van der Waals surface area contributed by atoms with Gasteiger partial charge in [-0.25, -0.2) is 4.79 Å². The number of hydrogen-bond acceptors (Lipinski definition) is 6. The van der Waals surface area contributed by atoms with Crippen LogP contribution in [-0.2, 0) is 9.53 Å². The lowest BCUT2D eigenvalue weighted by Crippen LogP contribution is -2.14. The number of carbonyl (C=O) groups excluding carboxylic acids is 3. The van der Waals surface area contributed by atoms with Gasteiger partial charge in [-0.2, -0.15) is 0 Å². The Bertz CT molecular complexity index is 844. The average molecular weight is 355 g/mol. The number of ketones is 1. The van der Waals surface area contributed by atoms with Crippen LogP contribution in [0.1, 0.15) is 34.1 Å². The van der Waals surface area contributed by atoms with Gasteiger partial charge in [0.15, 0.2) is 23.9 Å². The predicted octanol–water partition coefficient (Wildman–Crippen LogP) is 2.80. The fourth-order valence-corrected chi connectivity index (χ4v) is 2.31. The monoisotopic (exact) mass is 355 g/mol. The summed E-state index contributed by atoms with van der Waals surface area (Å²) >= 11 is 0. The molecule has 3 rings (SSSR count). The Morgan fingerprint density at radius 3 is 2.42 bits per heavy atom. The molecule has 0 bridgehead atoms. The van der Waals surface area contributed by atoms with E-state index in [9.17, 15) is 14.4 Å². The van der Waals surface area contributed by atoms with Crippen LogP contribution in [0.2, 0.25) is 0 Å². The van der Waals surface area contributed by atoms with Crippen molar-refractivity contribution in [3.63, 3.8) is 0 Å². The van der Waals surface area contributed by atoms with Crippen LogP contribution in [0.15, 0.2) is 42.5 Å². The van der Waals surface area contributed by atoms with E-state index in [2.05, 4.69) is 5.32 Å². The summed E-state index contributed by atoms with van der Waals surface area (Å²) in [6.07, 6.45) is 0.372. The van der Waals surface area contributed by atoms with Gasteiger partial charge in [-0.3, -0.25) is 9.59 Å². The van der Waals surface area contributed by atoms with E-state index < -0.39 is 5.97 Å². The van der Waals surface area contributed by atoms with Crippen molar-refractivity contribution >= 4 is 23.3 Å². The molecule has 1 heterocycles. The molecule has 0 aliphatic carbocycles. The average Bonchev–Trinajstić information content (AvgIpc) is 3.14. The highest BCUT2D eigenvalue weighted by molar-refractivity contribution is 6.00. The second-order valence-corrected chi connectivity index (χ2v) is 5.55. The van der Waals surface area contributed by atoms with E-state index in [0.29, 0.717) is 29.2 Å². The van der Waals surface area contributed by atoms with E-state index in [0.717, 1.165) is 0 Å². The van der Waals surface area contributed by atoms with Crippen LogP contribution in [0, 0.1) is 0 Å². The van der Waals surface area contributed by atoms with E-state index in [1.807, 2.05) is 0 Å². The molecule has 0 aromatic heterocycles. The van der Waals surface area contributed by atoms with Gasteiger partial charge >= 0.3 is 5.97 Å². The number of fused-ring (bicyclic) bond motifs is 1. The number of carbonyl (C=O) groups is 3. The van der Waals surface area contributed by atoms with E-state index in [1.165, 1.54) is 6.07 Å². The van der Waals surface area contributed by atoms with Crippen LogP contribution in [0.4, 0.5) is 5.69 Å². The third-order valence-electron chi connectivity index (χ3n) is 3.75. The minimum absolute atomic E-state index is 0.110. The highest BCUT2D eigenvalue weighted by atomic mass is 16.7. The first-order valence-corrected chi connectivity index (χ1v) is 8.06. The highest BCUT2D eigenvalue weighted by Crippen LogP contribution is 2.32. The van der Waals surface area contributed by atoms with Crippen molar-refractivity contribution in [3.8, 4) is 11.5 Å². The summed E-state index contributed by atoms with van der Waals surface area (Å²) in [5.41, 5.74) is 1.27. The minimum Gasteiger partial charge on any atom is -0.454 e. The van der Waals surface area contributed by atoms with Gasteiger partial charge in [0, 0.05) is 17.7 Å². The SMILES string of the molecule is CCC(=O)Nc1ccc(C(=O)COC(=O)c2ccc3c(c2)OCO3)cc1. The Kier molecular flexibility index (Phi) is 5.17. The van der Waals surface area contributed by atoms with E-state index in [1.54, 1.807) is 43.3 Å². The molecule has 0 spiro atoms. The number of rotatable bonds is 6. The van der Waals surface area contributed by atoms with Crippen molar-refractivity contribution in [2.45, 2.75) is 13.3 Å². The molecule has 2 aromatic carbocycles. The molecule has 1 aliphatic rings. The summed E-state index contributed by atoms with van der Waals surface area (Å²) in [5, 5.41) is 2.69. The fraction of sp³-hybridized carbons (Fsp3) is 0.211. The maximum absolute atomic E-state index is 12.1. The van der Waals surface area contributed by atoms with Crippen molar-refractivity contribution in [1.82, 2.24) is 0 Å². The van der Waals surface area contributed by atoms with Crippen molar-refractivity contribution in [2.24, 2.45) is 0 Å². The maximum Gasteiger partial charge on any atom is 0.338 e. The van der Waals surface area contributed by atoms with Crippen LogP contribution < -0.4 is 14.8 Å². The van der Waals surface area contributed by atoms with E-state index in [4.69, 9.17) is 14.2 Å². The number of hydrogen-bond donors (Lipinski definition) is 1. The first-order chi connectivity index (χ1) is 12.6. The number of nitrogens with one attached hydrogen (secondary N) is 1. The quantitative estimate of drug-likeness (QED) is 0.633. The number of benzene rings is 2. The fourth-order valence-electron chi connectivity index (χ4n) is 2.31. The topological polar surface area (TPSA) is 90.9 Å². The summed E-state index contributed by atoms with van der Waals surface area (Å²) in [6, 6.07) is 11.1. The second kappa shape index (κ2) is 7.69. The van der Waals surface area contributed by atoms with Gasteiger partial charge in [-0.15, -0.1) is 0 Å². The van der Waals surface area contributed by atoms with Crippen molar-refractivity contribution < 1.29 is 28.6 Å². The first-order valence-electron chi connectivity index (χ1n) is 8.06. The summed E-state index contributed by atoms with van der Waals surface area (Å²) in [6.45, 7) is 1.48. The minimum atomic E-state index is -0.622. The molecular weight excluding hydrogens is 338 g/mol. The van der Waals surface area contributed by atoms with E-state index in [-0.39, 0.29) is 30.7 Å². The first kappa shape index (κ1) is 17.5. The van der Waals surface area contributed by atoms with Crippen molar-refractivity contribution in [3.05, 3.63) is 53.6 Å². The van der Waals surface area contributed by atoms with Gasteiger partial charge in [-0.1, -0.05) is 6.92 Å². The molecular formula is C19H17NO6. The Morgan fingerprint density at radius 2 is 1.69 bits per heavy atom. The zero-order valence-electron chi connectivity index (χ0n) is 14.1. The number of esters is 1. The molecule has 26 heavy (non-hydrogen) atoms. The Balaban J connectivity index is 1.56. The molecule has 1 aliphatic heterocycles. The molecule has 1 N–H and O–H groups in total. The molecule has 0 unspecified atom stereocenters. The summed E-state index contributed by atoms with van der Waals surface area (Å²) < 4.78 is 15.4. The van der Waals surface area contributed by atoms with Gasteiger partial charge in [0.1, 0.15) is 0 Å². The zero-order valence-corrected chi connectivity index (χ0v) is 14.1. The molecule has 0 fully saturated rings. The summed E-state index contributed by atoms with van der Waals surface area (Å²) in [7, 11) is 0. The van der Waals surface area contributed by atoms with Gasteiger partial charge in [0.05, 0.1) is 5.56 Å². The van der Waals surface area contributed by atoms with Crippen LogP contribution in [0.3, 0.4) is 0 Å². The van der Waals surface area contributed by atoms with Gasteiger partial charge < -0.3 is 19.5 Å². The Hall–Kier alpha value is -3.35. The zero-order chi connectivity index (χ0) is 18.5. The van der Waals surface area contributed by atoms with Crippen LogP contribution >= 0.6 is 0 Å². The van der Waals surface area contributed by atoms with Crippen LogP contribution in [0.25, 0.3) is 0 Å². The molecule has 1 amide bonds. The third kappa shape index (κ3) is 4.00. The predicted molar refractivity (Wildman–Crippen MR) is 92.5 cm³/mol. The van der Waals surface area contributed by atoms with Gasteiger partial charge in [0.2, 0.25) is 12.7 Å². The highest BCUT2D eigenvalue weighted by Gasteiger charge is 2.18. The summed E-state index contributed by atoms with van der Waals surface area (Å²) in [5.74, 6) is -0.0407. The number of ether oxygens (including phenoxy) is 3. The molecule has 0 atom stereocenters. The Morgan fingerprint density at radius 1 is 1.00 bits per heavy atom. The smallest absolute Gasteiger partial charge is 0.338 e. The standard InChI is InChI=1S/C19H17NO6/c1-2-18(22)20-14-6-3-12(4-7-14)15(21)10-24-19(23)13-5-8-16-17(9-13)26-11-25-16/h3-9H,2,10-11H2,1H3,(H,20,22). The Labute approximate surface area is 149 Å². The lowest BCUT2D eigenvalue weighted by atomic mass is 10.1. The van der Waals surface area contributed by atoms with Gasteiger partial charge in [0.25, 0.3) is 0 Å². The molecule has 7 heteroatoms.